The number of benzene rings is 1. The molecule has 0 aliphatic carbocycles. The second kappa shape index (κ2) is 6.14. The Morgan fingerprint density at radius 3 is 2.06 bits per heavy atom. The van der Waals surface area contributed by atoms with E-state index in [-0.39, 0.29) is 5.75 Å². The molecule has 0 atom stereocenters. The molecule has 0 heterocycles. The van der Waals surface area contributed by atoms with Gasteiger partial charge >= 0.3 is 0 Å². The topological polar surface area (TPSA) is 52.6 Å². The highest BCUT2D eigenvalue weighted by atomic mass is 32.2. The molecular formula is C12H18O4S. The molecule has 0 saturated carbocycles. The van der Waals surface area contributed by atoms with Crippen molar-refractivity contribution in [1.82, 2.24) is 0 Å². The van der Waals surface area contributed by atoms with Crippen LogP contribution in [0.3, 0.4) is 0 Å². The van der Waals surface area contributed by atoms with Gasteiger partial charge in [-0.2, -0.15) is 0 Å². The van der Waals surface area contributed by atoms with Gasteiger partial charge in [-0.3, -0.25) is 0 Å². The van der Waals surface area contributed by atoms with Gasteiger partial charge in [0.25, 0.3) is 0 Å². The molecule has 96 valence electrons. The third kappa shape index (κ3) is 3.52. The average molecular weight is 258 g/mol. The van der Waals surface area contributed by atoms with Gasteiger partial charge in [0, 0.05) is 19.8 Å². The Labute approximate surface area is 102 Å². The lowest BCUT2D eigenvalue weighted by atomic mass is 10.2. The first-order chi connectivity index (χ1) is 8.05. The number of sulfone groups is 1. The van der Waals surface area contributed by atoms with Crippen LogP contribution >= 0.6 is 0 Å². The fourth-order valence-corrected chi connectivity index (χ4v) is 2.91. The molecule has 0 N–H and O–H groups in total. The third-order valence-corrected chi connectivity index (χ3v) is 4.35. The van der Waals surface area contributed by atoms with E-state index in [0.29, 0.717) is 11.3 Å². The van der Waals surface area contributed by atoms with Gasteiger partial charge in [0.1, 0.15) is 0 Å². The zero-order chi connectivity index (χ0) is 12.9. The monoisotopic (exact) mass is 258 g/mol. The molecule has 4 nitrogen and oxygen atoms in total. The summed E-state index contributed by atoms with van der Waals surface area (Å²) in [6.07, 6.45) is 0.154. The van der Waals surface area contributed by atoms with Crippen molar-refractivity contribution in [3.63, 3.8) is 0 Å². The van der Waals surface area contributed by atoms with Gasteiger partial charge in [0.15, 0.2) is 16.1 Å². The van der Waals surface area contributed by atoms with E-state index in [1.807, 2.05) is 6.92 Å². The Morgan fingerprint density at radius 2 is 1.65 bits per heavy atom. The summed E-state index contributed by atoms with van der Waals surface area (Å²) in [5.41, 5.74) is 0.797. The van der Waals surface area contributed by atoms with Gasteiger partial charge in [-0.1, -0.05) is 19.1 Å². The molecule has 1 rings (SSSR count). The van der Waals surface area contributed by atoms with Crippen molar-refractivity contribution in [3.05, 3.63) is 29.8 Å². The first-order valence-electron chi connectivity index (χ1n) is 5.43. The summed E-state index contributed by atoms with van der Waals surface area (Å²) in [4.78, 5) is 0.342. The van der Waals surface area contributed by atoms with Crippen molar-refractivity contribution in [2.75, 3.05) is 20.0 Å². The van der Waals surface area contributed by atoms with E-state index in [0.717, 1.165) is 5.56 Å². The quantitative estimate of drug-likeness (QED) is 0.734. The van der Waals surface area contributed by atoms with Crippen molar-refractivity contribution < 1.29 is 17.9 Å². The van der Waals surface area contributed by atoms with E-state index in [1.54, 1.807) is 24.3 Å². The molecule has 0 amide bonds. The molecule has 0 bridgehead atoms. The average Bonchev–Trinajstić information content (AvgIpc) is 2.31. The van der Waals surface area contributed by atoms with E-state index >= 15 is 0 Å². The fourth-order valence-electron chi connectivity index (χ4n) is 1.59. The molecule has 5 heteroatoms. The molecule has 0 aromatic heterocycles. The summed E-state index contributed by atoms with van der Waals surface area (Å²) >= 11 is 0. The molecular weight excluding hydrogens is 240 g/mol. The summed E-state index contributed by atoms with van der Waals surface area (Å²) in [7, 11) is -0.0727. The molecule has 0 spiro atoms. The first-order valence-corrected chi connectivity index (χ1v) is 7.08. The summed E-state index contributed by atoms with van der Waals surface area (Å²) in [5, 5.41) is 0. The highest BCUT2D eigenvalue weighted by Crippen LogP contribution is 2.20. The van der Waals surface area contributed by atoms with Crippen LogP contribution in [0, 0.1) is 0 Å². The van der Waals surface area contributed by atoms with Crippen molar-refractivity contribution >= 4 is 9.84 Å². The highest BCUT2D eigenvalue weighted by Gasteiger charge is 2.14. The Hall–Kier alpha value is -0.910. The SMILES string of the molecule is CCCS(=O)(=O)c1ccc(C(OC)OC)cc1. The number of methoxy groups -OCH3 is 2. The Balaban J connectivity index is 2.95. The fraction of sp³-hybridized carbons (Fsp3) is 0.500. The van der Waals surface area contributed by atoms with E-state index in [1.165, 1.54) is 14.2 Å². The predicted octanol–water partition coefficient (Wildman–Crippen LogP) is 2.16. The van der Waals surface area contributed by atoms with Crippen LogP contribution in [0.4, 0.5) is 0 Å². The lowest BCUT2D eigenvalue weighted by molar-refractivity contribution is -0.106. The van der Waals surface area contributed by atoms with E-state index in [2.05, 4.69) is 0 Å². The molecule has 0 aliphatic rings. The van der Waals surface area contributed by atoms with Gasteiger partial charge in [-0.15, -0.1) is 0 Å². The summed E-state index contributed by atoms with van der Waals surface area (Å²) in [6, 6.07) is 6.59. The van der Waals surface area contributed by atoms with Gasteiger partial charge in [0.2, 0.25) is 0 Å². The maximum atomic E-state index is 11.8. The van der Waals surface area contributed by atoms with Crippen LogP contribution in [-0.2, 0) is 19.3 Å². The molecule has 1 aromatic rings. The minimum Gasteiger partial charge on any atom is -0.352 e. The van der Waals surface area contributed by atoms with Crippen LogP contribution in [0.2, 0.25) is 0 Å². The lowest BCUT2D eigenvalue weighted by Gasteiger charge is -2.13. The van der Waals surface area contributed by atoms with Crippen molar-refractivity contribution in [1.29, 1.82) is 0 Å². The largest absolute Gasteiger partial charge is 0.352 e. The molecule has 0 aliphatic heterocycles. The number of hydrogen-bond acceptors (Lipinski definition) is 4. The van der Waals surface area contributed by atoms with Crippen LogP contribution in [0.15, 0.2) is 29.2 Å². The minimum absolute atomic E-state index is 0.171. The Morgan fingerprint density at radius 1 is 1.12 bits per heavy atom. The molecule has 0 saturated heterocycles. The maximum absolute atomic E-state index is 11.8. The first kappa shape index (κ1) is 14.2. The van der Waals surface area contributed by atoms with Crippen LogP contribution in [0.5, 0.6) is 0 Å². The van der Waals surface area contributed by atoms with Gasteiger partial charge < -0.3 is 9.47 Å². The minimum atomic E-state index is -3.15. The third-order valence-electron chi connectivity index (χ3n) is 2.41. The second-order valence-corrected chi connectivity index (χ2v) is 5.80. The van der Waals surface area contributed by atoms with Gasteiger partial charge in [-0.25, -0.2) is 8.42 Å². The van der Waals surface area contributed by atoms with Crippen LogP contribution in [0.1, 0.15) is 25.2 Å². The van der Waals surface area contributed by atoms with Crippen LogP contribution in [0.25, 0.3) is 0 Å². The molecule has 0 unspecified atom stereocenters. The maximum Gasteiger partial charge on any atom is 0.183 e. The molecule has 0 radical (unpaired) electrons. The smallest absolute Gasteiger partial charge is 0.183 e. The van der Waals surface area contributed by atoms with Gasteiger partial charge in [0.05, 0.1) is 10.6 Å². The molecule has 17 heavy (non-hydrogen) atoms. The van der Waals surface area contributed by atoms with E-state index in [4.69, 9.17) is 9.47 Å². The number of rotatable bonds is 6. The summed E-state index contributed by atoms with van der Waals surface area (Å²) < 4.78 is 33.8. The van der Waals surface area contributed by atoms with Crippen LogP contribution < -0.4 is 0 Å². The molecule has 0 fully saturated rings. The number of hydrogen-bond donors (Lipinski definition) is 0. The van der Waals surface area contributed by atoms with E-state index < -0.39 is 16.1 Å². The second-order valence-electron chi connectivity index (χ2n) is 3.69. The van der Waals surface area contributed by atoms with Gasteiger partial charge in [-0.05, 0) is 18.6 Å². The normalized spacial score (nSPS) is 12.0. The zero-order valence-electron chi connectivity index (χ0n) is 10.3. The lowest BCUT2D eigenvalue weighted by Crippen LogP contribution is -2.07. The van der Waals surface area contributed by atoms with Crippen molar-refractivity contribution in [2.24, 2.45) is 0 Å². The van der Waals surface area contributed by atoms with Crippen molar-refractivity contribution in [3.8, 4) is 0 Å². The van der Waals surface area contributed by atoms with Crippen LogP contribution in [-0.4, -0.2) is 28.4 Å². The Kier molecular flexibility index (Phi) is 5.11. The standard InChI is InChI=1S/C12H18O4S/c1-4-9-17(13,14)11-7-5-10(6-8-11)12(15-2)16-3/h5-8,12H,4,9H2,1-3H3. The highest BCUT2D eigenvalue weighted by molar-refractivity contribution is 7.91. The number of ether oxygens (including phenoxy) is 2. The molecule has 1 aromatic carbocycles. The van der Waals surface area contributed by atoms with Crippen molar-refractivity contribution in [2.45, 2.75) is 24.5 Å². The zero-order valence-corrected chi connectivity index (χ0v) is 11.2. The predicted molar refractivity (Wildman–Crippen MR) is 65.5 cm³/mol. The summed E-state index contributed by atoms with van der Waals surface area (Å²) in [5.74, 6) is 0.171. The Bertz CT molecular complexity index is 432. The summed E-state index contributed by atoms with van der Waals surface area (Å²) in [6.45, 7) is 1.85. The van der Waals surface area contributed by atoms with E-state index in [9.17, 15) is 8.42 Å².